The van der Waals surface area contributed by atoms with Gasteiger partial charge in [-0.1, -0.05) is 71.7 Å². The van der Waals surface area contributed by atoms with Crippen molar-refractivity contribution in [3.05, 3.63) is 119 Å². The zero-order chi connectivity index (χ0) is 36.6. The molecule has 0 saturated carbocycles. The molecule has 2 amide bonds. The standard InChI is InChI=1S/C38H32Cl2F3N7O2/c1-22(23-9-11-25(39)12-10-23)50-21-45-32(24-6-3-2-4-7-24)34(50)31-28-14-13-26(40)20-30(28)47-33(31)36(51)48-29-8-5-17-44-35(29)49-18-15-27(16-19-49)46-37(52)38(41,42)43/h2-14,17,20-22,27,47H,15-16,18-19H2,1H3,(H,46,52)(H,48,51). The number of aromatic amines is 1. The smallest absolute Gasteiger partial charge is 0.355 e. The quantitative estimate of drug-likeness (QED) is 0.144. The molecule has 0 radical (unpaired) electrons. The lowest BCUT2D eigenvalue weighted by Gasteiger charge is -2.34. The SMILES string of the molecule is CC(c1ccc(Cl)cc1)n1cnc(-c2ccccc2)c1-c1c(C(=O)Nc2cccnc2N2CCC(NC(=O)C(F)(F)F)CC2)[nH]c2cc(Cl)ccc12. The van der Waals surface area contributed by atoms with E-state index in [0.29, 0.717) is 57.1 Å². The Morgan fingerprint density at radius 2 is 1.63 bits per heavy atom. The fourth-order valence-electron chi connectivity index (χ4n) is 6.63. The summed E-state index contributed by atoms with van der Waals surface area (Å²) in [4.78, 5) is 40.6. The van der Waals surface area contributed by atoms with Crippen LogP contribution >= 0.6 is 23.2 Å². The Labute approximate surface area is 306 Å². The van der Waals surface area contributed by atoms with Crippen LogP contribution in [-0.2, 0) is 4.79 Å². The molecule has 1 saturated heterocycles. The number of nitrogens with zero attached hydrogens (tertiary/aromatic N) is 4. The molecule has 1 unspecified atom stereocenters. The normalized spacial score (nSPS) is 14.4. The maximum atomic E-state index is 14.5. The predicted molar refractivity (Wildman–Crippen MR) is 197 cm³/mol. The number of imidazole rings is 1. The number of carbonyl (C=O) groups is 2. The Kier molecular flexibility index (Phi) is 9.69. The van der Waals surface area contributed by atoms with Crippen molar-refractivity contribution in [2.75, 3.05) is 23.3 Å². The summed E-state index contributed by atoms with van der Waals surface area (Å²) in [7, 11) is 0. The van der Waals surface area contributed by atoms with Gasteiger partial charge >= 0.3 is 12.1 Å². The largest absolute Gasteiger partial charge is 0.471 e. The number of piperidine rings is 1. The lowest BCUT2D eigenvalue weighted by molar-refractivity contribution is -0.174. The van der Waals surface area contributed by atoms with E-state index >= 15 is 0 Å². The third-order valence-corrected chi connectivity index (χ3v) is 9.74. The Morgan fingerprint density at radius 1 is 0.923 bits per heavy atom. The van der Waals surface area contributed by atoms with Crippen molar-refractivity contribution in [3.63, 3.8) is 0 Å². The first kappa shape index (κ1) is 35.1. The molecule has 1 fully saturated rings. The van der Waals surface area contributed by atoms with Gasteiger partial charge in [0.05, 0.1) is 29.4 Å². The second kappa shape index (κ2) is 14.4. The van der Waals surface area contributed by atoms with Gasteiger partial charge in [0.25, 0.3) is 5.91 Å². The van der Waals surface area contributed by atoms with E-state index in [1.807, 2.05) is 77.1 Å². The molecule has 9 nitrogen and oxygen atoms in total. The average molecular weight is 747 g/mol. The van der Waals surface area contributed by atoms with Crippen molar-refractivity contribution in [2.24, 2.45) is 0 Å². The van der Waals surface area contributed by atoms with E-state index in [2.05, 4.69) is 20.6 Å². The van der Waals surface area contributed by atoms with Crippen molar-refractivity contribution in [3.8, 4) is 22.5 Å². The summed E-state index contributed by atoms with van der Waals surface area (Å²) in [6.07, 6.45) is -1.04. The highest BCUT2D eigenvalue weighted by Crippen LogP contribution is 2.42. The number of hydrogen-bond donors (Lipinski definition) is 3. The summed E-state index contributed by atoms with van der Waals surface area (Å²) in [5.41, 5.74) is 5.18. The van der Waals surface area contributed by atoms with E-state index in [0.717, 1.165) is 16.5 Å². The Balaban J connectivity index is 1.28. The van der Waals surface area contributed by atoms with Crippen LogP contribution in [0.25, 0.3) is 33.4 Å². The lowest BCUT2D eigenvalue weighted by atomic mass is 9.99. The number of aromatic nitrogens is 4. The van der Waals surface area contributed by atoms with Gasteiger partial charge in [-0.3, -0.25) is 9.59 Å². The van der Waals surface area contributed by atoms with Crippen molar-refractivity contribution in [1.82, 2.24) is 24.8 Å². The van der Waals surface area contributed by atoms with Crippen molar-refractivity contribution in [2.45, 2.75) is 38.0 Å². The molecule has 6 aromatic rings. The average Bonchev–Trinajstić information content (AvgIpc) is 3.74. The zero-order valence-corrected chi connectivity index (χ0v) is 29.2. The van der Waals surface area contributed by atoms with Gasteiger partial charge in [-0.05, 0) is 61.7 Å². The van der Waals surface area contributed by atoms with E-state index in [-0.39, 0.29) is 24.6 Å². The highest BCUT2D eigenvalue weighted by molar-refractivity contribution is 6.31. The van der Waals surface area contributed by atoms with Gasteiger partial charge < -0.3 is 25.1 Å². The summed E-state index contributed by atoms with van der Waals surface area (Å²) in [5, 5.41) is 6.97. The monoisotopic (exact) mass is 745 g/mol. The van der Waals surface area contributed by atoms with Crippen molar-refractivity contribution < 1.29 is 22.8 Å². The summed E-state index contributed by atoms with van der Waals surface area (Å²) in [6, 6.07) is 25.3. The highest BCUT2D eigenvalue weighted by Gasteiger charge is 2.40. The van der Waals surface area contributed by atoms with Crippen molar-refractivity contribution in [1.29, 1.82) is 0 Å². The Bertz CT molecular complexity index is 2250. The van der Waals surface area contributed by atoms with Crippen molar-refractivity contribution >= 4 is 57.4 Å². The first-order chi connectivity index (χ1) is 25.0. The van der Waals surface area contributed by atoms with Crippen LogP contribution in [0.3, 0.4) is 0 Å². The molecule has 266 valence electrons. The summed E-state index contributed by atoms with van der Waals surface area (Å²) in [6.45, 7) is 2.69. The first-order valence-electron chi connectivity index (χ1n) is 16.6. The number of rotatable bonds is 8. The minimum Gasteiger partial charge on any atom is -0.355 e. The van der Waals surface area contributed by atoms with Gasteiger partial charge in [0, 0.05) is 57.4 Å². The van der Waals surface area contributed by atoms with E-state index in [9.17, 15) is 22.8 Å². The van der Waals surface area contributed by atoms with E-state index in [4.69, 9.17) is 28.2 Å². The molecule has 7 rings (SSSR count). The number of amides is 2. The fraction of sp³-hybridized carbons (Fsp3) is 0.211. The summed E-state index contributed by atoms with van der Waals surface area (Å²) >= 11 is 12.7. The summed E-state index contributed by atoms with van der Waals surface area (Å²) < 4.78 is 40.5. The Morgan fingerprint density at radius 3 is 2.35 bits per heavy atom. The van der Waals surface area contributed by atoms with Gasteiger partial charge in [0.1, 0.15) is 5.69 Å². The molecule has 4 heterocycles. The van der Waals surface area contributed by atoms with E-state index < -0.39 is 24.0 Å². The number of anilines is 2. The third kappa shape index (κ3) is 7.08. The number of hydrogen-bond acceptors (Lipinski definition) is 5. The number of nitrogens with one attached hydrogen (secondary N) is 3. The van der Waals surface area contributed by atoms with Crippen LogP contribution in [0.15, 0.2) is 97.5 Å². The summed E-state index contributed by atoms with van der Waals surface area (Å²) in [5.74, 6) is -1.94. The molecule has 3 N–H and O–H groups in total. The fourth-order valence-corrected chi connectivity index (χ4v) is 6.93. The van der Waals surface area contributed by atoms with E-state index in [1.165, 1.54) is 0 Å². The van der Waals surface area contributed by atoms with E-state index in [1.54, 1.807) is 36.8 Å². The number of H-pyrrole nitrogens is 1. The molecule has 1 aliphatic heterocycles. The number of alkyl halides is 3. The zero-order valence-electron chi connectivity index (χ0n) is 27.7. The van der Waals surface area contributed by atoms with Gasteiger partial charge in [0.2, 0.25) is 0 Å². The second-order valence-electron chi connectivity index (χ2n) is 12.6. The van der Waals surface area contributed by atoms with Gasteiger partial charge in [0.15, 0.2) is 5.82 Å². The topological polar surface area (TPSA) is 108 Å². The number of pyridine rings is 1. The molecule has 0 spiro atoms. The second-order valence-corrected chi connectivity index (χ2v) is 13.4. The molecule has 3 aromatic carbocycles. The molecular weight excluding hydrogens is 714 g/mol. The molecule has 3 aromatic heterocycles. The molecule has 1 aliphatic rings. The Hall–Kier alpha value is -5.33. The van der Waals surface area contributed by atoms with Crippen LogP contribution in [0.4, 0.5) is 24.7 Å². The predicted octanol–water partition coefficient (Wildman–Crippen LogP) is 8.91. The van der Waals surface area contributed by atoms with Crippen LogP contribution in [0.1, 0.15) is 41.9 Å². The molecular formula is C38H32Cl2F3N7O2. The lowest BCUT2D eigenvalue weighted by Crippen LogP contribution is -2.48. The van der Waals surface area contributed by atoms with Gasteiger partial charge in [-0.25, -0.2) is 9.97 Å². The molecule has 14 heteroatoms. The van der Waals surface area contributed by atoms with Crippen LogP contribution in [-0.4, -0.2) is 56.6 Å². The third-order valence-electron chi connectivity index (χ3n) is 9.26. The molecule has 52 heavy (non-hydrogen) atoms. The molecule has 0 bridgehead atoms. The first-order valence-corrected chi connectivity index (χ1v) is 17.3. The number of carbonyl (C=O) groups excluding carboxylic acids is 2. The molecule has 0 aliphatic carbocycles. The van der Waals surface area contributed by atoms with Gasteiger partial charge in [-0.15, -0.1) is 0 Å². The molecule has 1 atom stereocenters. The van der Waals surface area contributed by atoms with Crippen LogP contribution < -0.4 is 15.5 Å². The number of benzene rings is 3. The highest BCUT2D eigenvalue weighted by atomic mass is 35.5. The minimum atomic E-state index is -4.95. The maximum absolute atomic E-state index is 14.5. The van der Waals surface area contributed by atoms with Gasteiger partial charge in [-0.2, -0.15) is 13.2 Å². The van der Waals surface area contributed by atoms with Crippen LogP contribution in [0.5, 0.6) is 0 Å². The minimum absolute atomic E-state index is 0.209. The number of fused-ring (bicyclic) bond motifs is 1. The maximum Gasteiger partial charge on any atom is 0.471 e. The number of halogens is 5. The van der Waals surface area contributed by atoms with Crippen LogP contribution in [0, 0.1) is 0 Å². The van der Waals surface area contributed by atoms with Crippen LogP contribution in [0.2, 0.25) is 10.0 Å².